The SMILES string of the molecule is Fc1ccc(Cl)cc1-c1nc(-c2ccc(Br)cc2)cs1. The summed E-state index contributed by atoms with van der Waals surface area (Å²) in [6.07, 6.45) is 0. The molecule has 0 atom stereocenters. The van der Waals surface area contributed by atoms with E-state index in [2.05, 4.69) is 20.9 Å². The van der Waals surface area contributed by atoms with Crippen molar-refractivity contribution in [3.8, 4) is 21.8 Å². The molecule has 0 fully saturated rings. The van der Waals surface area contributed by atoms with Gasteiger partial charge in [-0.2, -0.15) is 0 Å². The summed E-state index contributed by atoms with van der Waals surface area (Å²) in [6.45, 7) is 0. The van der Waals surface area contributed by atoms with Gasteiger partial charge >= 0.3 is 0 Å². The molecule has 0 amide bonds. The first kappa shape index (κ1) is 13.7. The summed E-state index contributed by atoms with van der Waals surface area (Å²) in [6, 6.07) is 12.3. The van der Waals surface area contributed by atoms with Crippen LogP contribution in [0.3, 0.4) is 0 Å². The van der Waals surface area contributed by atoms with E-state index in [1.807, 2.05) is 29.6 Å². The fourth-order valence-electron chi connectivity index (χ4n) is 1.81. The highest BCUT2D eigenvalue weighted by atomic mass is 79.9. The molecule has 1 aromatic heterocycles. The van der Waals surface area contributed by atoms with Crippen molar-refractivity contribution in [2.75, 3.05) is 0 Å². The second kappa shape index (κ2) is 5.64. The van der Waals surface area contributed by atoms with Gasteiger partial charge in [-0.05, 0) is 30.3 Å². The molecule has 0 saturated carbocycles. The van der Waals surface area contributed by atoms with Crippen molar-refractivity contribution < 1.29 is 4.39 Å². The summed E-state index contributed by atoms with van der Waals surface area (Å²) < 4.78 is 14.8. The summed E-state index contributed by atoms with van der Waals surface area (Å²) >= 11 is 10.7. The van der Waals surface area contributed by atoms with Gasteiger partial charge in [-0.3, -0.25) is 0 Å². The van der Waals surface area contributed by atoms with E-state index in [1.54, 1.807) is 6.07 Å². The van der Waals surface area contributed by atoms with E-state index in [9.17, 15) is 4.39 Å². The fraction of sp³-hybridized carbons (Fsp3) is 0. The van der Waals surface area contributed by atoms with Gasteiger partial charge in [-0.15, -0.1) is 11.3 Å². The maximum absolute atomic E-state index is 13.8. The van der Waals surface area contributed by atoms with Crippen LogP contribution in [-0.4, -0.2) is 4.98 Å². The Balaban J connectivity index is 2.01. The zero-order chi connectivity index (χ0) is 14.1. The molecular weight excluding hydrogens is 361 g/mol. The third-order valence-corrected chi connectivity index (χ3v) is 4.44. The van der Waals surface area contributed by atoms with E-state index >= 15 is 0 Å². The lowest BCUT2D eigenvalue weighted by molar-refractivity contribution is 0.631. The van der Waals surface area contributed by atoms with E-state index in [-0.39, 0.29) is 5.82 Å². The van der Waals surface area contributed by atoms with Crippen LogP contribution in [0.15, 0.2) is 52.3 Å². The summed E-state index contributed by atoms with van der Waals surface area (Å²) in [5.74, 6) is -0.314. The molecule has 3 rings (SSSR count). The normalized spacial score (nSPS) is 10.8. The number of rotatable bonds is 2. The van der Waals surface area contributed by atoms with Crippen molar-refractivity contribution >= 4 is 38.9 Å². The molecule has 20 heavy (non-hydrogen) atoms. The molecule has 0 spiro atoms. The molecular formula is C15H8BrClFNS. The first-order chi connectivity index (χ1) is 9.63. The lowest BCUT2D eigenvalue weighted by Crippen LogP contribution is -1.84. The third kappa shape index (κ3) is 2.77. The maximum Gasteiger partial charge on any atom is 0.133 e. The largest absolute Gasteiger partial charge is 0.236 e. The van der Waals surface area contributed by atoms with E-state index in [0.29, 0.717) is 15.6 Å². The maximum atomic E-state index is 13.8. The van der Waals surface area contributed by atoms with E-state index in [0.717, 1.165) is 15.7 Å². The van der Waals surface area contributed by atoms with Crippen molar-refractivity contribution in [3.63, 3.8) is 0 Å². The average molecular weight is 369 g/mol. The van der Waals surface area contributed by atoms with Crippen LogP contribution in [0.4, 0.5) is 4.39 Å². The summed E-state index contributed by atoms with van der Waals surface area (Å²) in [4.78, 5) is 4.49. The number of halogens is 3. The van der Waals surface area contributed by atoms with Gasteiger partial charge in [0.1, 0.15) is 10.8 Å². The minimum absolute atomic E-state index is 0.314. The molecule has 5 heteroatoms. The second-order valence-electron chi connectivity index (χ2n) is 4.17. The van der Waals surface area contributed by atoms with Crippen LogP contribution < -0.4 is 0 Å². The van der Waals surface area contributed by atoms with Crippen LogP contribution in [0.5, 0.6) is 0 Å². The Morgan fingerprint density at radius 3 is 2.60 bits per heavy atom. The lowest BCUT2D eigenvalue weighted by Gasteiger charge is -2.00. The van der Waals surface area contributed by atoms with Gasteiger partial charge in [0, 0.05) is 26.0 Å². The van der Waals surface area contributed by atoms with Gasteiger partial charge in [0.05, 0.1) is 5.69 Å². The van der Waals surface area contributed by atoms with Gasteiger partial charge in [0.25, 0.3) is 0 Å². The molecule has 0 radical (unpaired) electrons. The Kier molecular flexibility index (Phi) is 3.87. The molecule has 1 heterocycles. The Morgan fingerprint density at radius 2 is 1.85 bits per heavy atom. The Labute approximate surface area is 133 Å². The zero-order valence-corrected chi connectivity index (χ0v) is 13.3. The van der Waals surface area contributed by atoms with Crippen molar-refractivity contribution in [2.45, 2.75) is 0 Å². The Hall–Kier alpha value is -1.23. The van der Waals surface area contributed by atoms with Crippen molar-refractivity contribution in [2.24, 2.45) is 0 Å². The number of thiazole rings is 1. The number of hydrogen-bond acceptors (Lipinski definition) is 2. The minimum Gasteiger partial charge on any atom is -0.236 e. The zero-order valence-electron chi connectivity index (χ0n) is 10.1. The van der Waals surface area contributed by atoms with Crippen LogP contribution in [0.25, 0.3) is 21.8 Å². The summed E-state index contributed by atoms with van der Waals surface area (Å²) in [5, 5.41) is 3.04. The van der Waals surface area contributed by atoms with E-state index in [4.69, 9.17) is 11.6 Å². The number of benzene rings is 2. The van der Waals surface area contributed by atoms with Crippen LogP contribution in [0, 0.1) is 5.82 Å². The number of hydrogen-bond donors (Lipinski definition) is 0. The third-order valence-electron chi connectivity index (χ3n) is 2.80. The monoisotopic (exact) mass is 367 g/mol. The quantitative estimate of drug-likeness (QED) is 0.538. The topological polar surface area (TPSA) is 12.9 Å². The predicted molar refractivity (Wildman–Crippen MR) is 85.7 cm³/mol. The van der Waals surface area contributed by atoms with Gasteiger partial charge in [0.2, 0.25) is 0 Å². The van der Waals surface area contributed by atoms with Crippen LogP contribution in [0.2, 0.25) is 5.02 Å². The standard InChI is InChI=1S/C15H8BrClFNS/c16-10-3-1-9(2-4-10)14-8-20-15(19-14)12-7-11(17)5-6-13(12)18/h1-8H. The highest BCUT2D eigenvalue weighted by molar-refractivity contribution is 9.10. The van der Waals surface area contributed by atoms with Crippen LogP contribution in [0.1, 0.15) is 0 Å². The molecule has 1 nitrogen and oxygen atoms in total. The molecule has 0 aliphatic carbocycles. The van der Waals surface area contributed by atoms with Crippen molar-refractivity contribution in [3.05, 3.63) is 63.2 Å². The summed E-state index contributed by atoms with van der Waals surface area (Å²) in [7, 11) is 0. The first-order valence-electron chi connectivity index (χ1n) is 5.80. The van der Waals surface area contributed by atoms with E-state index in [1.165, 1.54) is 23.5 Å². The average Bonchev–Trinajstić information content (AvgIpc) is 2.92. The highest BCUT2D eigenvalue weighted by Gasteiger charge is 2.11. The van der Waals surface area contributed by atoms with Crippen LogP contribution in [-0.2, 0) is 0 Å². The molecule has 100 valence electrons. The van der Waals surface area contributed by atoms with Gasteiger partial charge in [0.15, 0.2) is 0 Å². The molecule has 0 unspecified atom stereocenters. The molecule has 3 aromatic rings. The molecule has 0 aliphatic heterocycles. The first-order valence-corrected chi connectivity index (χ1v) is 7.85. The fourth-order valence-corrected chi connectivity index (χ4v) is 3.10. The number of aromatic nitrogens is 1. The Morgan fingerprint density at radius 1 is 1.10 bits per heavy atom. The van der Waals surface area contributed by atoms with Crippen molar-refractivity contribution in [1.82, 2.24) is 4.98 Å². The lowest BCUT2D eigenvalue weighted by atomic mass is 10.2. The van der Waals surface area contributed by atoms with E-state index < -0.39 is 0 Å². The van der Waals surface area contributed by atoms with Gasteiger partial charge < -0.3 is 0 Å². The number of nitrogens with zero attached hydrogens (tertiary/aromatic N) is 1. The smallest absolute Gasteiger partial charge is 0.133 e. The highest BCUT2D eigenvalue weighted by Crippen LogP contribution is 2.32. The molecule has 2 aromatic carbocycles. The van der Waals surface area contributed by atoms with Crippen LogP contribution >= 0.6 is 38.9 Å². The predicted octanol–water partition coefficient (Wildman–Crippen LogP) is 6.03. The molecule has 0 saturated heterocycles. The molecule has 0 bridgehead atoms. The van der Waals surface area contributed by atoms with Crippen molar-refractivity contribution in [1.29, 1.82) is 0 Å². The molecule has 0 aliphatic rings. The Bertz CT molecular complexity index is 755. The second-order valence-corrected chi connectivity index (χ2v) is 6.38. The minimum atomic E-state index is -0.314. The summed E-state index contributed by atoms with van der Waals surface area (Å²) in [5.41, 5.74) is 2.26. The van der Waals surface area contributed by atoms with Gasteiger partial charge in [-0.25, -0.2) is 9.37 Å². The molecule has 0 N–H and O–H groups in total. The van der Waals surface area contributed by atoms with Gasteiger partial charge in [-0.1, -0.05) is 39.7 Å².